The molecule has 6 nitrogen and oxygen atoms in total. The van der Waals surface area contributed by atoms with E-state index in [4.69, 9.17) is 14.2 Å². The van der Waals surface area contributed by atoms with Gasteiger partial charge in [-0.15, -0.1) is 0 Å². The number of hydrogen-bond acceptors (Lipinski definition) is 5. The van der Waals surface area contributed by atoms with E-state index < -0.39 is 0 Å². The highest BCUT2D eigenvalue weighted by Gasteiger charge is 2.12. The number of ether oxygens (including phenoxy) is 3. The number of hydrogen-bond donors (Lipinski definition) is 1. The average molecular weight is 336 g/mol. The van der Waals surface area contributed by atoms with Crippen LogP contribution in [0.15, 0.2) is 48.8 Å². The van der Waals surface area contributed by atoms with E-state index in [0.29, 0.717) is 17.2 Å². The van der Waals surface area contributed by atoms with E-state index >= 15 is 0 Å². The molecule has 6 heteroatoms. The second-order valence-corrected chi connectivity index (χ2v) is 4.99. The lowest BCUT2D eigenvalue weighted by molar-refractivity contribution is -0.116. The third kappa shape index (κ3) is 5.01. The molecule has 25 heavy (non-hydrogen) atoms. The summed E-state index contributed by atoms with van der Waals surface area (Å²) in [4.78, 5) is 15.7. The summed E-state index contributed by atoms with van der Waals surface area (Å²) in [5.74, 6) is 7.48. The van der Waals surface area contributed by atoms with Crippen molar-refractivity contribution in [3.63, 3.8) is 0 Å². The van der Waals surface area contributed by atoms with Gasteiger partial charge in [-0.3, -0.25) is 9.78 Å². The van der Waals surface area contributed by atoms with Crippen LogP contribution in [0.1, 0.15) is 5.56 Å². The lowest BCUT2D eigenvalue weighted by atomic mass is 10.2. The number of fused-ring (bicyclic) bond motifs is 1. The van der Waals surface area contributed by atoms with Crippen molar-refractivity contribution in [2.24, 2.45) is 0 Å². The highest BCUT2D eigenvalue weighted by molar-refractivity contribution is 5.91. The first-order valence-corrected chi connectivity index (χ1v) is 7.65. The summed E-state index contributed by atoms with van der Waals surface area (Å²) in [6.45, 7) is 0.724. The maximum atomic E-state index is 11.7. The number of benzene rings is 1. The zero-order valence-corrected chi connectivity index (χ0v) is 13.4. The third-order valence-corrected chi connectivity index (χ3v) is 3.25. The third-order valence-electron chi connectivity index (χ3n) is 3.25. The Balaban J connectivity index is 1.39. The number of pyridine rings is 1. The van der Waals surface area contributed by atoms with Crippen LogP contribution in [0.4, 0.5) is 0 Å². The van der Waals surface area contributed by atoms with Gasteiger partial charge in [0.2, 0.25) is 12.7 Å². The molecule has 1 aromatic heterocycles. The minimum Gasteiger partial charge on any atom is -0.479 e. The molecular weight excluding hydrogens is 320 g/mol. The molecule has 1 N–H and O–H groups in total. The molecule has 0 bridgehead atoms. The topological polar surface area (TPSA) is 69.7 Å². The fourth-order valence-corrected chi connectivity index (χ4v) is 2.04. The molecule has 1 aliphatic heterocycles. The van der Waals surface area contributed by atoms with E-state index in [1.807, 2.05) is 18.2 Å². The Kier molecular flexibility index (Phi) is 5.52. The van der Waals surface area contributed by atoms with Crippen LogP contribution in [0.5, 0.6) is 17.2 Å². The lowest BCUT2D eigenvalue weighted by Gasteiger charge is -1.99. The molecule has 0 atom stereocenters. The van der Waals surface area contributed by atoms with E-state index in [1.165, 1.54) is 6.08 Å². The molecule has 1 aliphatic rings. The smallest absolute Gasteiger partial charge is 0.244 e. The van der Waals surface area contributed by atoms with Gasteiger partial charge in [0.25, 0.3) is 0 Å². The number of nitrogens with zero attached hydrogens (tertiary/aromatic N) is 1. The highest BCUT2D eigenvalue weighted by Crippen LogP contribution is 2.32. The maximum Gasteiger partial charge on any atom is 0.244 e. The summed E-state index contributed by atoms with van der Waals surface area (Å²) < 4.78 is 15.9. The molecule has 0 radical (unpaired) electrons. The van der Waals surface area contributed by atoms with Gasteiger partial charge in [0.15, 0.2) is 11.5 Å². The van der Waals surface area contributed by atoms with Crippen LogP contribution < -0.4 is 19.5 Å². The molecule has 1 amide bonds. The van der Waals surface area contributed by atoms with Crippen molar-refractivity contribution in [1.82, 2.24) is 10.3 Å². The Morgan fingerprint density at radius 2 is 2.20 bits per heavy atom. The van der Waals surface area contributed by atoms with E-state index in [1.54, 1.807) is 30.6 Å². The monoisotopic (exact) mass is 336 g/mol. The number of carbonyl (C=O) groups excluding carboxylic acids is 1. The first kappa shape index (κ1) is 16.4. The van der Waals surface area contributed by atoms with Crippen molar-refractivity contribution in [2.45, 2.75) is 0 Å². The molecule has 0 spiro atoms. The quantitative estimate of drug-likeness (QED) is 0.668. The van der Waals surface area contributed by atoms with Crippen LogP contribution in [-0.2, 0) is 4.79 Å². The summed E-state index contributed by atoms with van der Waals surface area (Å²) in [7, 11) is 0. The Morgan fingerprint density at radius 3 is 3.08 bits per heavy atom. The summed E-state index contributed by atoms with van der Waals surface area (Å²) in [6, 6.07) is 9.08. The maximum absolute atomic E-state index is 11.7. The van der Waals surface area contributed by atoms with Crippen molar-refractivity contribution in [3.05, 3.63) is 54.4 Å². The van der Waals surface area contributed by atoms with Crippen LogP contribution in [0, 0.1) is 11.8 Å². The molecular formula is C19H16N2O4. The fraction of sp³-hybridized carbons (Fsp3) is 0.158. The van der Waals surface area contributed by atoms with E-state index in [2.05, 4.69) is 22.1 Å². The Bertz CT molecular complexity index is 822. The number of amides is 1. The van der Waals surface area contributed by atoms with E-state index in [9.17, 15) is 4.79 Å². The Hall–Kier alpha value is -3.46. The van der Waals surface area contributed by atoms with Gasteiger partial charge < -0.3 is 19.5 Å². The zero-order valence-electron chi connectivity index (χ0n) is 13.4. The molecule has 0 unspecified atom stereocenters. The fourth-order valence-electron chi connectivity index (χ4n) is 2.04. The average Bonchev–Trinajstić information content (AvgIpc) is 3.11. The standard InChI is InChI=1S/C19H16N2O4/c22-19(8-6-15-5-7-17-18(12-15)25-14-24-17)21-10-1-2-11-23-16-4-3-9-20-13-16/h3-9,12-13H,10-11,14H2,(H,21,22)/b8-6+. The van der Waals surface area contributed by atoms with Gasteiger partial charge >= 0.3 is 0 Å². The lowest BCUT2D eigenvalue weighted by Crippen LogP contribution is -2.21. The van der Waals surface area contributed by atoms with Crippen LogP contribution in [0.3, 0.4) is 0 Å². The molecule has 2 aromatic rings. The van der Waals surface area contributed by atoms with Crippen molar-refractivity contribution >= 4 is 12.0 Å². The van der Waals surface area contributed by atoms with Gasteiger partial charge in [0.05, 0.1) is 12.7 Å². The number of nitrogens with one attached hydrogen (secondary N) is 1. The van der Waals surface area contributed by atoms with E-state index in [0.717, 1.165) is 5.56 Å². The minimum absolute atomic E-state index is 0.222. The minimum atomic E-state index is -0.222. The Morgan fingerprint density at radius 1 is 1.28 bits per heavy atom. The normalized spacial score (nSPS) is 11.7. The van der Waals surface area contributed by atoms with Crippen molar-refractivity contribution in [1.29, 1.82) is 0 Å². The van der Waals surface area contributed by atoms with Gasteiger partial charge in [-0.25, -0.2) is 0 Å². The van der Waals surface area contributed by atoms with Crippen LogP contribution in [0.25, 0.3) is 6.08 Å². The summed E-state index contributed by atoms with van der Waals surface area (Å²) in [5.41, 5.74) is 0.857. The molecule has 3 rings (SSSR count). The van der Waals surface area contributed by atoms with Crippen molar-refractivity contribution < 1.29 is 19.0 Å². The first-order chi connectivity index (χ1) is 12.3. The largest absolute Gasteiger partial charge is 0.479 e. The molecule has 126 valence electrons. The molecule has 0 fully saturated rings. The van der Waals surface area contributed by atoms with Gasteiger partial charge in [-0.05, 0) is 35.9 Å². The molecule has 0 aliphatic carbocycles. The molecule has 0 saturated carbocycles. The van der Waals surface area contributed by atoms with Gasteiger partial charge in [0, 0.05) is 12.3 Å². The summed E-state index contributed by atoms with van der Waals surface area (Å²) >= 11 is 0. The van der Waals surface area contributed by atoms with Gasteiger partial charge in [-0.2, -0.15) is 0 Å². The first-order valence-electron chi connectivity index (χ1n) is 7.65. The summed E-state index contributed by atoms with van der Waals surface area (Å²) in [6.07, 6.45) is 6.44. The molecule has 1 aromatic carbocycles. The molecule has 0 saturated heterocycles. The number of rotatable bonds is 5. The van der Waals surface area contributed by atoms with Gasteiger partial charge in [0.1, 0.15) is 12.4 Å². The predicted octanol–water partition coefficient (Wildman–Crippen LogP) is 2.02. The van der Waals surface area contributed by atoms with Crippen molar-refractivity contribution in [3.8, 4) is 29.1 Å². The van der Waals surface area contributed by atoms with Gasteiger partial charge in [-0.1, -0.05) is 17.9 Å². The van der Waals surface area contributed by atoms with Crippen molar-refractivity contribution in [2.75, 3.05) is 19.9 Å². The highest BCUT2D eigenvalue weighted by atomic mass is 16.7. The number of carbonyl (C=O) groups is 1. The second kappa shape index (κ2) is 8.41. The Labute approximate surface area is 145 Å². The molecule has 2 heterocycles. The van der Waals surface area contributed by atoms with Crippen LogP contribution >= 0.6 is 0 Å². The summed E-state index contributed by atoms with van der Waals surface area (Å²) in [5, 5.41) is 2.68. The second-order valence-electron chi connectivity index (χ2n) is 4.99. The van der Waals surface area contributed by atoms with E-state index in [-0.39, 0.29) is 25.9 Å². The zero-order chi connectivity index (χ0) is 17.3. The predicted molar refractivity (Wildman–Crippen MR) is 92.1 cm³/mol. The SMILES string of the molecule is O=C(/C=C/c1ccc2c(c1)OCO2)NCC#CCOc1cccnc1. The number of aromatic nitrogens is 1. The van der Waals surface area contributed by atoms with Crippen LogP contribution in [-0.4, -0.2) is 30.8 Å². The van der Waals surface area contributed by atoms with Crippen LogP contribution in [0.2, 0.25) is 0 Å².